The second kappa shape index (κ2) is 6.04. The Morgan fingerprint density at radius 2 is 1.83 bits per heavy atom. The smallest absolute Gasteiger partial charge is 0.259 e. The van der Waals surface area contributed by atoms with Crippen LogP contribution in [-0.2, 0) is 14.6 Å². The van der Waals surface area contributed by atoms with Gasteiger partial charge in [-0.05, 0) is 12.1 Å². The highest BCUT2D eigenvalue weighted by Crippen LogP contribution is 2.29. The Bertz CT molecular complexity index is 779. The van der Waals surface area contributed by atoms with E-state index in [1.807, 2.05) is 0 Å². The van der Waals surface area contributed by atoms with Gasteiger partial charge in [0.1, 0.15) is 5.56 Å². The zero-order valence-electron chi connectivity index (χ0n) is 13.5. The molecule has 2 fully saturated rings. The summed E-state index contributed by atoms with van der Waals surface area (Å²) in [7, 11) is -1.87. The summed E-state index contributed by atoms with van der Waals surface area (Å²) in [5, 5.41) is 0. The number of nitrogens with zero attached hydrogens (tertiary/aromatic N) is 3. The number of aromatic nitrogens is 1. The first-order valence-electron chi connectivity index (χ1n) is 7.61. The summed E-state index contributed by atoms with van der Waals surface area (Å²) in [4.78, 5) is 31.8. The fourth-order valence-electron chi connectivity index (χ4n) is 3.47. The predicted octanol–water partition coefficient (Wildman–Crippen LogP) is -0.440. The van der Waals surface area contributed by atoms with Crippen LogP contribution in [-0.4, -0.2) is 78.8 Å². The zero-order chi connectivity index (χ0) is 17.5. The van der Waals surface area contributed by atoms with Gasteiger partial charge in [0, 0.05) is 26.2 Å². The van der Waals surface area contributed by atoms with Crippen LogP contribution in [0.25, 0.3) is 0 Å². The van der Waals surface area contributed by atoms with Crippen molar-refractivity contribution in [2.75, 3.05) is 31.7 Å². The molecule has 8 nitrogen and oxygen atoms in total. The van der Waals surface area contributed by atoms with Gasteiger partial charge in [-0.15, -0.1) is 0 Å². The quantitative estimate of drug-likeness (QED) is 0.715. The van der Waals surface area contributed by atoms with Gasteiger partial charge in [-0.1, -0.05) is 0 Å². The number of fused-ring (bicyclic) bond motifs is 1. The van der Waals surface area contributed by atoms with Gasteiger partial charge in [0.15, 0.2) is 9.84 Å². The van der Waals surface area contributed by atoms with Crippen molar-refractivity contribution in [3.05, 3.63) is 23.9 Å². The van der Waals surface area contributed by atoms with Crippen molar-refractivity contribution in [3.8, 4) is 5.88 Å². The summed E-state index contributed by atoms with van der Waals surface area (Å²) >= 11 is 0. The maximum Gasteiger partial charge on any atom is 0.259 e. The Morgan fingerprint density at radius 3 is 2.46 bits per heavy atom. The van der Waals surface area contributed by atoms with Crippen LogP contribution in [0.3, 0.4) is 0 Å². The number of amides is 2. The second-order valence-corrected chi connectivity index (χ2v) is 8.14. The standard InChI is InChI=1S/C15H19N3O5S/c1-10(19)17-6-7-18(13-9-24(21,22)8-12(13)17)15(20)11-4-3-5-16-14(11)23-2/h3-5,12-13H,6-9H2,1-2H3/t12-,13+/m1/s1. The highest BCUT2D eigenvalue weighted by Gasteiger charge is 2.49. The van der Waals surface area contributed by atoms with Crippen molar-refractivity contribution in [2.24, 2.45) is 0 Å². The summed E-state index contributed by atoms with van der Waals surface area (Å²) in [6.45, 7) is 2.02. The van der Waals surface area contributed by atoms with Crippen molar-refractivity contribution >= 4 is 21.7 Å². The van der Waals surface area contributed by atoms with Crippen LogP contribution in [0.4, 0.5) is 0 Å². The van der Waals surface area contributed by atoms with Crippen molar-refractivity contribution in [2.45, 2.75) is 19.0 Å². The first-order chi connectivity index (χ1) is 11.3. The van der Waals surface area contributed by atoms with Crippen LogP contribution < -0.4 is 4.74 Å². The number of pyridine rings is 1. The number of rotatable bonds is 2. The Labute approximate surface area is 140 Å². The number of hydrogen-bond donors (Lipinski definition) is 0. The van der Waals surface area contributed by atoms with E-state index < -0.39 is 21.9 Å². The van der Waals surface area contributed by atoms with Gasteiger partial charge < -0.3 is 14.5 Å². The molecule has 0 spiro atoms. The predicted molar refractivity (Wildman–Crippen MR) is 85.4 cm³/mol. The summed E-state index contributed by atoms with van der Waals surface area (Å²) in [6.07, 6.45) is 1.52. The third-order valence-electron chi connectivity index (χ3n) is 4.54. The molecule has 0 N–H and O–H groups in total. The molecule has 0 aliphatic carbocycles. The maximum absolute atomic E-state index is 12.9. The third-order valence-corrected chi connectivity index (χ3v) is 6.24. The molecule has 2 aliphatic rings. The van der Waals surface area contributed by atoms with Crippen molar-refractivity contribution in [3.63, 3.8) is 0 Å². The molecule has 130 valence electrons. The van der Waals surface area contributed by atoms with Crippen LogP contribution in [0.15, 0.2) is 18.3 Å². The van der Waals surface area contributed by atoms with Crippen LogP contribution in [0.5, 0.6) is 5.88 Å². The van der Waals surface area contributed by atoms with E-state index >= 15 is 0 Å². The molecule has 9 heteroatoms. The van der Waals surface area contributed by atoms with Crippen LogP contribution in [0.2, 0.25) is 0 Å². The van der Waals surface area contributed by atoms with Gasteiger partial charge in [-0.3, -0.25) is 9.59 Å². The topological polar surface area (TPSA) is 96.9 Å². The highest BCUT2D eigenvalue weighted by atomic mass is 32.2. The Kier molecular flexibility index (Phi) is 4.20. The first-order valence-corrected chi connectivity index (χ1v) is 9.44. The van der Waals surface area contributed by atoms with E-state index in [0.717, 1.165) is 0 Å². The lowest BCUT2D eigenvalue weighted by Crippen LogP contribution is -2.61. The largest absolute Gasteiger partial charge is 0.480 e. The number of carbonyl (C=O) groups excluding carboxylic acids is 2. The average Bonchev–Trinajstić information content (AvgIpc) is 2.87. The molecule has 3 rings (SSSR count). The van der Waals surface area contributed by atoms with E-state index in [4.69, 9.17) is 4.74 Å². The highest BCUT2D eigenvalue weighted by molar-refractivity contribution is 7.91. The number of sulfone groups is 1. The van der Waals surface area contributed by atoms with E-state index in [1.54, 1.807) is 17.0 Å². The summed E-state index contributed by atoms with van der Waals surface area (Å²) in [5.74, 6) is -0.529. The fourth-order valence-corrected chi connectivity index (χ4v) is 5.45. The molecule has 2 aliphatic heterocycles. The van der Waals surface area contributed by atoms with Crippen LogP contribution in [0, 0.1) is 0 Å². The molecule has 2 amide bonds. The fraction of sp³-hybridized carbons (Fsp3) is 0.533. The van der Waals surface area contributed by atoms with E-state index in [1.165, 1.54) is 25.1 Å². The molecule has 0 bridgehead atoms. The molecule has 0 radical (unpaired) electrons. The summed E-state index contributed by atoms with van der Waals surface area (Å²) < 4.78 is 29.3. The van der Waals surface area contributed by atoms with E-state index in [0.29, 0.717) is 12.1 Å². The van der Waals surface area contributed by atoms with E-state index in [-0.39, 0.29) is 35.7 Å². The number of carbonyl (C=O) groups is 2. The number of methoxy groups -OCH3 is 1. The minimum absolute atomic E-state index is 0.106. The van der Waals surface area contributed by atoms with E-state index in [2.05, 4.69) is 4.98 Å². The van der Waals surface area contributed by atoms with Crippen molar-refractivity contribution in [1.29, 1.82) is 0 Å². The molecule has 3 heterocycles. The van der Waals surface area contributed by atoms with Crippen molar-refractivity contribution < 1.29 is 22.7 Å². The molecule has 1 aromatic rings. The molecule has 2 saturated heterocycles. The van der Waals surface area contributed by atoms with Gasteiger partial charge in [0.25, 0.3) is 5.91 Å². The number of hydrogen-bond acceptors (Lipinski definition) is 6. The Balaban J connectivity index is 1.94. The molecule has 0 unspecified atom stereocenters. The van der Waals surface area contributed by atoms with Gasteiger partial charge in [-0.25, -0.2) is 13.4 Å². The molecule has 1 aromatic heterocycles. The summed E-state index contributed by atoms with van der Waals surface area (Å²) in [5.41, 5.74) is 0.291. The maximum atomic E-state index is 12.9. The lowest BCUT2D eigenvalue weighted by molar-refractivity contribution is -0.133. The van der Waals surface area contributed by atoms with Gasteiger partial charge in [0.05, 0.1) is 30.7 Å². The van der Waals surface area contributed by atoms with E-state index in [9.17, 15) is 18.0 Å². The molecule has 0 saturated carbocycles. The van der Waals surface area contributed by atoms with Gasteiger partial charge in [0.2, 0.25) is 11.8 Å². The van der Waals surface area contributed by atoms with Crippen LogP contribution >= 0.6 is 0 Å². The monoisotopic (exact) mass is 353 g/mol. The minimum Gasteiger partial charge on any atom is -0.480 e. The Morgan fingerprint density at radius 1 is 1.21 bits per heavy atom. The van der Waals surface area contributed by atoms with Gasteiger partial charge >= 0.3 is 0 Å². The van der Waals surface area contributed by atoms with Crippen LogP contribution in [0.1, 0.15) is 17.3 Å². The first kappa shape index (κ1) is 16.7. The Hall–Kier alpha value is -2.16. The SMILES string of the molecule is COc1ncccc1C(=O)N1CCN(C(C)=O)[C@@H]2CS(=O)(=O)C[C@@H]21. The van der Waals surface area contributed by atoms with Gasteiger partial charge in [-0.2, -0.15) is 0 Å². The second-order valence-electron chi connectivity index (χ2n) is 5.98. The zero-order valence-corrected chi connectivity index (χ0v) is 14.3. The normalized spacial score (nSPS) is 25.2. The molecular weight excluding hydrogens is 334 g/mol. The van der Waals surface area contributed by atoms with Crippen molar-refractivity contribution in [1.82, 2.24) is 14.8 Å². The number of ether oxygens (including phenoxy) is 1. The molecule has 0 aromatic carbocycles. The average molecular weight is 353 g/mol. The summed E-state index contributed by atoms with van der Waals surface area (Å²) in [6, 6.07) is 2.20. The molecule has 24 heavy (non-hydrogen) atoms. The number of piperazine rings is 1. The lowest BCUT2D eigenvalue weighted by atomic mass is 10.0. The lowest BCUT2D eigenvalue weighted by Gasteiger charge is -2.43. The third kappa shape index (κ3) is 2.83. The molecular formula is C15H19N3O5S. The minimum atomic E-state index is -3.29. The molecule has 2 atom stereocenters.